The van der Waals surface area contributed by atoms with E-state index in [1.54, 1.807) is 24.3 Å². The number of benzene rings is 2. The summed E-state index contributed by atoms with van der Waals surface area (Å²) >= 11 is 0. The van der Waals surface area contributed by atoms with Gasteiger partial charge >= 0.3 is 29.8 Å². The summed E-state index contributed by atoms with van der Waals surface area (Å²) < 4.78 is 28.4. The first kappa shape index (κ1) is 78.3. The molecule has 2 fully saturated rings. The minimum atomic E-state index is -0.256. The van der Waals surface area contributed by atoms with Crippen LogP contribution in [0.15, 0.2) is 72.8 Å². The van der Waals surface area contributed by atoms with Gasteiger partial charge in [0.25, 0.3) is 0 Å². The van der Waals surface area contributed by atoms with E-state index in [1.165, 1.54) is 89.9 Å². The molecule has 0 aliphatic carbocycles. The molecule has 0 saturated carbocycles. The second-order valence-electron chi connectivity index (χ2n) is 25.6. The molecule has 2 aliphatic heterocycles. The highest BCUT2D eigenvalue weighted by Crippen LogP contribution is 2.27. The Balaban J connectivity index is 0.901. The van der Waals surface area contributed by atoms with Crippen LogP contribution in [0.2, 0.25) is 0 Å². The lowest BCUT2D eigenvalue weighted by molar-refractivity contribution is -0.150. The van der Waals surface area contributed by atoms with Gasteiger partial charge in [-0.3, -0.25) is 24.0 Å². The van der Waals surface area contributed by atoms with E-state index in [0.717, 1.165) is 190 Å². The number of rotatable bonds is 54. The molecule has 508 valence electrons. The maximum absolute atomic E-state index is 12.7. The quantitative estimate of drug-likeness (QED) is 0.0155. The van der Waals surface area contributed by atoms with Crippen LogP contribution in [0.4, 0.5) is 0 Å². The number of esters is 5. The Bertz CT molecular complexity index is 2210. The monoisotopic (exact) mass is 1290 g/mol. The van der Waals surface area contributed by atoms with Gasteiger partial charge in [0, 0.05) is 43.9 Å². The fourth-order valence-electron chi connectivity index (χ4n) is 11.9. The Morgan fingerprint density at radius 3 is 1.26 bits per heavy atom. The Hall–Kier alpha value is -4.11. The number of unbranched alkanes of at least 4 members (excludes halogenated alkanes) is 20. The van der Waals surface area contributed by atoms with Gasteiger partial charge in [0.15, 0.2) is 0 Å². The number of hydrogen-bond donors (Lipinski definition) is 0. The number of hydrogen-bond acceptors (Lipinski definition) is 14. The number of likely N-dealkylation sites (tertiary alicyclic amines) is 2. The number of allylic oxidation sites excluding steroid dienone is 4. The topological polar surface area (TPSA) is 138 Å². The summed E-state index contributed by atoms with van der Waals surface area (Å²) in [5.74, 6) is 3.44. The summed E-state index contributed by atoms with van der Waals surface area (Å²) in [6, 6.07) is 14.4. The molecule has 12 nitrogen and oxygen atoms in total. The smallest absolute Gasteiger partial charge is 0.311 e. The van der Waals surface area contributed by atoms with Gasteiger partial charge < -0.3 is 33.5 Å². The van der Waals surface area contributed by atoms with Crippen LogP contribution in [0, 0.1) is 11.8 Å². The zero-order valence-corrected chi connectivity index (χ0v) is 58.2. The van der Waals surface area contributed by atoms with Crippen LogP contribution in [0.5, 0.6) is 11.5 Å². The Morgan fingerprint density at radius 2 is 0.811 bits per heavy atom. The molecule has 2 aromatic carbocycles. The molecule has 0 bridgehead atoms. The first-order valence-corrected chi connectivity index (χ1v) is 38.7. The van der Waals surface area contributed by atoms with Gasteiger partial charge in [-0.1, -0.05) is 194 Å². The lowest BCUT2D eigenvalue weighted by atomic mass is 9.94. The van der Waals surface area contributed by atoms with Crippen LogP contribution in [0.1, 0.15) is 269 Å². The minimum absolute atomic E-state index is 0.0573. The summed E-state index contributed by atoms with van der Waals surface area (Å²) in [4.78, 5) is 68.1. The van der Waals surface area contributed by atoms with Gasteiger partial charge in [-0.25, -0.2) is 0 Å². The Morgan fingerprint density at radius 1 is 0.444 bits per heavy atom. The van der Waals surface area contributed by atoms with E-state index < -0.39 is 0 Å². The maximum Gasteiger partial charge on any atom is 0.311 e. The zero-order chi connectivity index (χ0) is 64.2. The zero-order valence-electron chi connectivity index (χ0n) is 56.6. The van der Waals surface area contributed by atoms with Gasteiger partial charge in [0.1, 0.15) is 17.6 Å². The van der Waals surface area contributed by atoms with E-state index >= 15 is 0 Å². The molecule has 0 radical (unpaired) electrons. The average Bonchev–Trinajstić information content (AvgIpc) is 3.58. The first-order valence-electron chi connectivity index (χ1n) is 36.2. The number of carbonyl (C=O) groups excluding carboxylic acids is 5. The van der Waals surface area contributed by atoms with Crippen LogP contribution >= 0.6 is 21.6 Å². The van der Waals surface area contributed by atoms with E-state index in [4.69, 9.17) is 23.7 Å². The summed E-state index contributed by atoms with van der Waals surface area (Å²) in [6.45, 7) is 14.2. The highest BCUT2D eigenvalue weighted by atomic mass is 33.1. The molecular weight excluding hydrogens is 1160 g/mol. The van der Waals surface area contributed by atoms with Crippen LogP contribution < -0.4 is 9.47 Å². The molecule has 2 aliphatic rings. The van der Waals surface area contributed by atoms with Crippen molar-refractivity contribution in [3.63, 3.8) is 0 Å². The van der Waals surface area contributed by atoms with Gasteiger partial charge in [0.05, 0.1) is 26.1 Å². The molecule has 1 atom stereocenters. The van der Waals surface area contributed by atoms with E-state index in [-0.39, 0.29) is 48.8 Å². The molecule has 14 heteroatoms. The maximum atomic E-state index is 12.7. The largest absolute Gasteiger partial charge is 0.465 e. The van der Waals surface area contributed by atoms with E-state index in [1.807, 2.05) is 45.9 Å². The molecule has 1 unspecified atom stereocenters. The number of carbonyl (C=O) groups is 5. The lowest BCUT2D eigenvalue weighted by Gasteiger charge is -2.32. The summed E-state index contributed by atoms with van der Waals surface area (Å²) in [5.41, 5.74) is 1.68. The second kappa shape index (κ2) is 53.3. The third-order valence-electron chi connectivity index (χ3n) is 17.7. The van der Waals surface area contributed by atoms with Crippen molar-refractivity contribution < 1.29 is 47.7 Å². The van der Waals surface area contributed by atoms with E-state index in [9.17, 15) is 24.0 Å². The highest BCUT2D eigenvalue weighted by molar-refractivity contribution is 8.76. The highest BCUT2D eigenvalue weighted by Gasteiger charge is 2.22. The normalized spacial score (nSPS) is 14.7. The number of ether oxygens (including phenoxy) is 5. The minimum Gasteiger partial charge on any atom is -0.465 e. The molecule has 0 amide bonds. The summed E-state index contributed by atoms with van der Waals surface area (Å²) in [5, 5.41) is 0. The van der Waals surface area contributed by atoms with Crippen LogP contribution in [-0.2, 0) is 51.0 Å². The molecule has 0 spiro atoms. The van der Waals surface area contributed by atoms with Crippen molar-refractivity contribution in [2.45, 2.75) is 277 Å². The molecule has 90 heavy (non-hydrogen) atoms. The standard InChI is InChI=1S/C76H122N2O10S2/c1-4-7-10-13-15-16-17-18-19-20-21-22-23-26-31-37-73(80)87-70-43-39-67(40-44-70)63-75(82)84-59-51-65-47-53-77(54-48-65)57-61-89-90-62-58-78-55-49-66(50-56-78)52-60-85-76(83)64-68-41-45-71(46-42-68)88-74(81)38-33-28-24-27-32-36-72(79)86-69(34-29-12-9-6-3)35-30-25-14-11-8-5-2/h15-16,18-19,39-46,65-66,69H,4-14,17,20-38,47-64H2,1-3H3/b16-15-,19-18-. The van der Waals surface area contributed by atoms with Crippen molar-refractivity contribution in [2.75, 3.05) is 64.0 Å². The summed E-state index contributed by atoms with van der Waals surface area (Å²) in [6.07, 6.45) is 48.5. The third kappa shape index (κ3) is 41.5. The van der Waals surface area contributed by atoms with Crippen LogP contribution in [-0.4, -0.2) is 110 Å². The predicted molar refractivity (Wildman–Crippen MR) is 374 cm³/mol. The molecule has 2 aromatic rings. The van der Waals surface area contributed by atoms with Crippen LogP contribution in [0.25, 0.3) is 0 Å². The molecule has 0 aromatic heterocycles. The first-order chi connectivity index (χ1) is 44.1. The third-order valence-corrected chi connectivity index (χ3v) is 20.1. The Labute approximate surface area is 554 Å². The van der Waals surface area contributed by atoms with Gasteiger partial charge in [-0.05, 0) is 189 Å². The number of nitrogens with zero attached hydrogens (tertiary/aromatic N) is 2. The lowest BCUT2D eigenvalue weighted by Crippen LogP contribution is -2.36. The van der Waals surface area contributed by atoms with Crippen molar-refractivity contribution in [1.29, 1.82) is 0 Å². The van der Waals surface area contributed by atoms with Gasteiger partial charge in [0.2, 0.25) is 0 Å². The van der Waals surface area contributed by atoms with Gasteiger partial charge in [-0.15, -0.1) is 0 Å². The summed E-state index contributed by atoms with van der Waals surface area (Å²) in [7, 11) is 3.96. The van der Waals surface area contributed by atoms with E-state index in [2.05, 4.69) is 54.9 Å². The molecule has 2 saturated heterocycles. The Kier molecular flexibility index (Phi) is 46.4. The average molecular weight is 1290 g/mol. The van der Waals surface area contributed by atoms with Crippen molar-refractivity contribution in [1.82, 2.24) is 9.80 Å². The molecule has 4 rings (SSSR count). The van der Waals surface area contributed by atoms with Crippen LogP contribution in [0.3, 0.4) is 0 Å². The van der Waals surface area contributed by atoms with Crippen molar-refractivity contribution in [3.8, 4) is 11.5 Å². The van der Waals surface area contributed by atoms with Crippen molar-refractivity contribution >= 4 is 51.4 Å². The fourth-order valence-corrected chi connectivity index (χ4v) is 13.9. The van der Waals surface area contributed by atoms with Crippen molar-refractivity contribution in [2.24, 2.45) is 11.8 Å². The number of piperidine rings is 2. The SMILES string of the molecule is CCCCC/C=C\C/C=C\CCCCCCCC(=O)Oc1ccc(CC(=O)OCCC2CCN(CCSSCCN3CCC(CCOC(=O)Cc4ccc(OC(=O)CCCCCCCC(=O)OC(CCCCCC)CCCCCCCC)cc4)CC3)CC2)cc1. The molecule has 2 heterocycles. The molecule has 0 N–H and O–H groups in total. The van der Waals surface area contributed by atoms with Gasteiger partial charge in [-0.2, -0.15) is 0 Å². The predicted octanol–water partition coefficient (Wildman–Crippen LogP) is 19.1. The van der Waals surface area contributed by atoms with E-state index in [0.29, 0.717) is 55.8 Å². The fraction of sp³-hybridized carbons (Fsp3) is 0.724. The molecular formula is C76H122N2O10S2. The van der Waals surface area contributed by atoms with Crippen molar-refractivity contribution in [3.05, 3.63) is 84.0 Å². The second-order valence-corrected chi connectivity index (χ2v) is 28.3.